The molecule has 0 aromatic carbocycles. The standard InChI is InChI=1S/C20H39FO4/c1-4-7-10-13-22-16-17-19(23-14-11-8-5-2)18(21)20(25-17)24-15-12-9-6-3/h17-20H,4-16H2,1-3H3/t17-,18+,19-,20?/m1/s1. The summed E-state index contributed by atoms with van der Waals surface area (Å²) in [4.78, 5) is 0. The van der Waals surface area contributed by atoms with Crippen LogP contribution in [0.4, 0.5) is 4.39 Å². The molecule has 0 spiro atoms. The van der Waals surface area contributed by atoms with E-state index >= 15 is 0 Å². The number of hydrogen-bond acceptors (Lipinski definition) is 4. The zero-order chi connectivity index (χ0) is 18.3. The molecule has 0 aromatic rings. The summed E-state index contributed by atoms with van der Waals surface area (Å²) in [6.07, 6.45) is 6.62. The van der Waals surface area contributed by atoms with Gasteiger partial charge in [0.2, 0.25) is 0 Å². The summed E-state index contributed by atoms with van der Waals surface area (Å²) >= 11 is 0. The molecule has 0 bridgehead atoms. The van der Waals surface area contributed by atoms with Gasteiger partial charge in [-0.25, -0.2) is 4.39 Å². The molecule has 0 radical (unpaired) electrons. The van der Waals surface area contributed by atoms with Crippen LogP contribution in [-0.4, -0.2) is 51.1 Å². The van der Waals surface area contributed by atoms with Gasteiger partial charge in [0.25, 0.3) is 0 Å². The highest BCUT2D eigenvalue weighted by molar-refractivity contribution is 4.88. The highest BCUT2D eigenvalue weighted by atomic mass is 19.1. The molecule has 1 rings (SSSR count). The summed E-state index contributed by atoms with van der Waals surface area (Å²) in [5, 5.41) is 0. The first-order valence-corrected chi connectivity index (χ1v) is 10.3. The fraction of sp³-hybridized carbons (Fsp3) is 1.00. The van der Waals surface area contributed by atoms with Crippen molar-refractivity contribution in [3.05, 3.63) is 0 Å². The van der Waals surface area contributed by atoms with Crippen LogP contribution in [-0.2, 0) is 18.9 Å². The third-order valence-corrected chi connectivity index (χ3v) is 4.51. The van der Waals surface area contributed by atoms with E-state index in [4.69, 9.17) is 18.9 Å². The van der Waals surface area contributed by atoms with Crippen molar-refractivity contribution in [3.63, 3.8) is 0 Å². The summed E-state index contributed by atoms with van der Waals surface area (Å²) in [5.41, 5.74) is 0. The van der Waals surface area contributed by atoms with Crippen molar-refractivity contribution in [2.45, 2.75) is 103 Å². The molecule has 1 aliphatic rings. The molecule has 4 nitrogen and oxygen atoms in total. The molecule has 0 saturated carbocycles. The SMILES string of the molecule is CCCCCOC[C@H]1OC(OCCCCC)[C@@H](F)[C@@H]1OCCCCC. The van der Waals surface area contributed by atoms with Crippen molar-refractivity contribution in [2.75, 3.05) is 26.4 Å². The molecule has 150 valence electrons. The fourth-order valence-electron chi connectivity index (χ4n) is 2.93. The van der Waals surface area contributed by atoms with Crippen molar-refractivity contribution < 1.29 is 23.3 Å². The molecule has 1 aliphatic heterocycles. The minimum absolute atomic E-state index is 0.372. The van der Waals surface area contributed by atoms with Gasteiger partial charge in [-0.1, -0.05) is 59.3 Å². The van der Waals surface area contributed by atoms with E-state index in [9.17, 15) is 4.39 Å². The Bertz CT molecular complexity index is 303. The molecule has 0 N–H and O–H groups in total. The zero-order valence-electron chi connectivity index (χ0n) is 16.5. The van der Waals surface area contributed by atoms with Gasteiger partial charge in [-0.3, -0.25) is 0 Å². The third-order valence-electron chi connectivity index (χ3n) is 4.51. The number of halogens is 1. The summed E-state index contributed by atoms with van der Waals surface area (Å²) in [6, 6.07) is 0. The van der Waals surface area contributed by atoms with E-state index in [1.807, 2.05) is 0 Å². The minimum atomic E-state index is -1.24. The topological polar surface area (TPSA) is 36.9 Å². The Morgan fingerprint density at radius 1 is 0.760 bits per heavy atom. The fourth-order valence-corrected chi connectivity index (χ4v) is 2.93. The minimum Gasteiger partial charge on any atom is -0.379 e. The number of alkyl halides is 1. The van der Waals surface area contributed by atoms with Crippen molar-refractivity contribution in [1.82, 2.24) is 0 Å². The molecule has 1 heterocycles. The normalized spacial score (nSPS) is 26.4. The molecular weight excluding hydrogens is 323 g/mol. The van der Waals surface area contributed by atoms with Crippen LogP contribution in [0.2, 0.25) is 0 Å². The second-order valence-electron chi connectivity index (χ2n) is 6.89. The maximum Gasteiger partial charge on any atom is 0.192 e. The average Bonchev–Trinajstić information content (AvgIpc) is 2.91. The Hall–Kier alpha value is -0.230. The Kier molecular flexibility index (Phi) is 13.6. The molecule has 0 amide bonds. The highest BCUT2D eigenvalue weighted by Crippen LogP contribution is 2.28. The van der Waals surface area contributed by atoms with Crippen molar-refractivity contribution in [3.8, 4) is 0 Å². The Morgan fingerprint density at radius 2 is 1.32 bits per heavy atom. The Balaban J connectivity index is 2.41. The lowest BCUT2D eigenvalue weighted by atomic mass is 10.1. The van der Waals surface area contributed by atoms with Gasteiger partial charge in [-0.2, -0.15) is 0 Å². The molecule has 1 saturated heterocycles. The maximum absolute atomic E-state index is 14.7. The van der Waals surface area contributed by atoms with Crippen molar-refractivity contribution in [2.24, 2.45) is 0 Å². The smallest absolute Gasteiger partial charge is 0.192 e. The van der Waals surface area contributed by atoms with Gasteiger partial charge in [0.05, 0.1) is 6.61 Å². The molecule has 4 atom stereocenters. The van der Waals surface area contributed by atoms with E-state index < -0.39 is 18.6 Å². The van der Waals surface area contributed by atoms with Crippen LogP contribution < -0.4 is 0 Å². The van der Waals surface area contributed by atoms with Crippen LogP contribution in [0.5, 0.6) is 0 Å². The molecule has 25 heavy (non-hydrogen) atoms. The number of rotatable bonds is 16. The lowest BCUT2D eigenvalue weighted by Gasteiger charge is -2.19. The molecule has 1 fully saturated rings. The second kappa shape index (κ2) is 14.9. The first-order chi connectivity index (χ1) is 12.2. The molecular formula is C20H39FO4. The zero-order valence-corrected chi connectivity index (χ0v) is 16.5. The predicted molar refractivity (Wildman–Crippen MR) is 98.6 cm³/mol. The summed E-state index contributed by atoms with van der Waals surface area (Å²) in [5.74, 6) is 0. The van der Waals surface area contributed by atoms with E-state index in [0.29, 0.717) is 26.4 Å². The van der Waals surface area contributed by atoms with E-state index in [1.165, 1.54) is 0 Å². The van der Waals surface area contributed by atoms with Crippen molar-refractivity contribution in [1.29, 1.82) is 0 Å². The van der Waals surface area contributed by atoms with Gasteiger partial charge in [0.15, 0.2) is 12.5 Å². The molecule has 5 heteroatoms. The number of hydrogen-bond donors (Lipinski definition) is 0. The molecule has 1 unspecified atom stereocenters. The van der Waals surface area contributed by atoms with Crippen LogP contribution in [0.15, 0.2) is 0 Å². The first kappa shape index (κ1) is 22.8. The van der Waals surface area contributed by atoms with Crippen molar-refractivity contribution >= 4 is 0 Å². The van der Waals surface area contributed by atoms with Crippen LogP contribution in [0, 0.1) is 0 Å². The third kappa shape index (κ3) is 9.32. The number of ether oxygens (including phenoxy) is 4. The van der Waals surface area contributed by atoms with E-state index in [-0.39, 0.29) is 6.10 Å². The Labute approximate surface area is 153 Å². The maximum atomic E-state index is 14.7. The van der Waals surface area contributed by atoms with Gasteiger partial charge >= 0.3 is 0 Å². The van der Waals surface area contributed by atoms with Crippen LogP contribution in [0.3, 0.4) is 0 Å². The highest BCUT2D eigenvalue weighted by Gasteiger charge is 2.46. The van der Waals surface area contributed by atoms with E-state index in [1.54, 1.807) is 0 Å². The lowest BCUT2D eigenvalue weighted by molar-refractivity contribution is -0.162. The molecule has 0 aliphatic carbocycles. The lowest BCUT2D eigenvalue weighted by Crippen LogP contribution is -2.35. The quantitative estimate of drug-likeness (QED) is 0.361. The van der Waals surface area contributed by atoms with Gasteiger partial charge in [-0.05, 0) is 19.3 Å². The summed E-state index contributed by atoms with van der Waals surface area (Å²) < 4.78 is 37.6. The predicted octanol–water partition coefficient (Wildman–Crippen LogP) is 5.04. The monoisotopic (exact) mass is 362 g/mol. The van der Waals surface area contributed by atoms with E-state index in [0.717, 1.165) is 57.8 Å². The Morgan fingerprint density at radius 3 is 1.92 bits per heavy atom. The van der Waals surface area contributed by atoms with Gasteiger partial charge in [-0.15, -0.1) is 0 Å². The van der Waals surface area contributed by atoms with Crippen LogP contribution in [0.25, 0.3) is 0 Å². The second-order valence-corrected chi connectivity index (χ2v) is 6.89. The summed E-state index contributed by atoms with van der Waals surface area (Å²) in [7, 11) is 0. The van der Waals surface area contributed by atoms with Crippen LogP contribution >= 0.6 is 0 Å². The first-order valence-electron chi connectivity index (χ1n) is 10.3. The number of unbranched alkanes of at least 4 members (excludes halogenated alkanes) is 6. The van der Waals surface area contributed by atoms with Gasteiger partial charge in [0.1, 0.15) is 12.2 Å². The average molecular weight is 363 g/mol. The van der Waals surface area contributed by atoms with E-state index in [2.05, 4.69) is 20.8 Å². The molecule has 0 aromatic heterocycles. The van der Waals surface area contributed by atoms with Gasteiger partial charge < -0.3 is 18.9 Å². The summed E-state index contributed by atoms with van der Waals surface area (Å²) in [6.45, 7) is 8.60. The largest absolute Gasteiger partial charge is 0.379 e. The van der Waals surface area contributed by atoms with Gasteiger partial charge in [0, 0.05) is 19.8 Å². The van der Waals surface area contributed by atoms with Crippen LogP contribution in [0.1, 0.15) is 78.6 Å².